The fourth-order valence-corrected chi connectivity index (χ4v) is 4.00. The first-order valence-corrected chi connectivity index (χ1v) is 9.69. The van der Waals surface area contributed by atoms with Gasteiger partial charge in [0.2, 0.25) is 0 Å². The molecule has 2 rings (SSSR count). The number of hydrogen-bond acceptors (Lipinski definition) is 4. The molecule has 128 valence electrons. The minimum absolute atomic E-state index is 0.189. The van der Waals surface area contributed by atoms with Crippen LogP contribution in [0.15, 0.2) is 24.3 Å². The van der Waals surface area contributed by atoms with E-state index in [0.29, 0.717) is 0 Å². The van der Waals surface area contributed by atoms with E-state index in [1.165, 1.54) is 26.4 Å². The molecule has 0 atom stereocenters. The van der Waals surface area contributed by atoms with E-state index in [9.17, 15) is 4.79 Å². The number of unbranched alkanes of at least 4 members (excludes halogenated alkanes) is 1. The second kappa shape index (κ2) is 9.24. The topological polar surface area (TPSA) is 26.3 Å². The fourth-order valence-electron chi connectivity index (χ4n) is 2.18. The van der Waals surface area contributed by atoms with Crippen molar-refractivity contribution in [3.05, 3.63) is 34.0 Å². The van der Waals surface area contributed by atoms with E-state index in [1.807, 2.05) is 36.5 Å². The average Bonchev–Trinajstić information content (AvgIpc) is 3.04. The van der Waals surface area contributed by atoms with E-state index in [4.69, 9.17) is 4.74 Å². The number of carbonyl (C=O) groups excluding carboxylic acids is 1. The van der Waals surface area contributed by atoms with E-state index in [1.54, 1.807) is 0 Å². The minimum atomic E-state index is -0.276. The molecule has 2 heterocycles. The Morgan fingerprint density at radius 1 is 1.04 bits per heavy atom. The molecule has 2 nitrogen and oxygen atoms in total. The van der Waals surface area contributed by atoms with Gasteiger partial charge < -0.3 is 4.74 Å². The van der Waals surface area contributed by atoms with E-state index < -0.39 is 0 Å². The average molecular weight is 353 g/mol. The number of ether oxygens (including phenoxy) is 1. The molecule has 0 aliphatic carbocycles. The zero-order chi connectivity index (χ0) is 17.5. The Labute approximate surface area is 148 Å². The highest BCUT2D eigenvalue weighted by atomic mass is 32.1. The first-order valence-electron chi connectivity index (χ1n) is 8.06. The highest BCUT2D eigenvalue weighted by Gasteiger charge is 2.19. The van der Waals surface area contributed by atoms with Crippen LogP contribution in [-0.4, -0.2) is 11.6 Å². The first-order chi connectivity index (χ1) is 10.7. The monoisotopic (exact) mass is 352 g/mol. The maximum atomic E-state index is 10.6. The van der Waals surface area contributed by atoms with Gasteiger partial charge in [-0.3, -0.25) is 4.79 Å². The van der Waals surface area contributed by atoms with Gasteiger partial charge in [0.15, 0.2) is 0 Å². The lowest BCUT2D eigenvalue weighted by atomic mass is 10.0. The van der Waals surface area contributed by atoms with Gasteiger partial charge in [-0.05, 0) is 64.8 Å². The van der Waals surface area contributed by atoms with E-state index in [0.717, 1.165) is 19.3 Å². The molecule has 0 amide bonds. The molecule has 0 fully saturated rings. The molecule has 0 saturated heterocycles. The van der Waals surface area contributed by atoms with Crippen molar-refractivity contribution in [1.82, 2.24) is 0 Å². The molecular formula is C19H28O2S2. The molecule has 0 bridgehead atoms. The van der Waals surface area contributed by atoms with Crippen LogP contribution in [0.2, 0.25) is 0 Å². The molecule has 0 spiro atoms. The van der Waals surface area contributed by atoms with Crippen LogP contribution in [0.1, 0.15) is 56.7 Å². The highest BCUT2D eigenvalue weighted by Crippen LogP contribution is 2.32. The number of aryl methyl sites for hydroxylation is 2. The zero-order valence-electron chi connectivity index (χ0n) is 15.1. The highest BCUT2D eigenvalue weighted by molar-refractivity contribution is 7.22. The van der Waals surface area contributed by atoms with Crippen LogP contribution < -0.4 is 0 Å². The third-order valence-corrected chi connectivity index (χ3v) is 5.47. The molecule has 0 radical (unpaired) electrons. The van der Waals surface area contributed by atoms with Crippen molar-refractivity contribution in [1.29, 1.82) is 0 Å². The molecule has 2 aromatic heterocycles. The van der Waals surface area contributed by atoms with Crippen LogP contribution in [0.4, 0.5) is 0 Å². The quantitative estimate of drug-likeness (QED) is 0.566. The standard InChI is InChI=1S/C10H10S2.C9H18O2/c1-7-3-5-9(11-7)10-6-4-8(2)12-10;1-5-6-7-9(3,4)11-8(2)10/h3-6H,1-2H3;5-7H2,1-4H3. The van der Waals surface area contributed by atoms with Crippen LogP contribution in [0, 0.1) is 13.8 Å². The van der Waals surface area contributed by atoms with E-state index >= 15 is 0 Å². The molecule has 0 N–H and O–H groups in total. The summed E-state index contributed by atoms with van der Waals surface area (Å²) >= 11 is 3.73. The van der Waals surface area contributed by atoms with Crippen molar-refractivity contribution in [2.24, 2.45) is 0 Å². The molecule has 0 aliphatic heterocycles. The van der Waals surface area contributed by atoms with Crippen LogP contribution in [0.25, 0.3) is 9.75 Å². The second-order valence-electron chi connectivity index (χ2n) is 6.28. The van der Waals surface area contributed by atoms with Crippen LogP contribution in [0.5, 0.6) is 0 Å². The van der Waals surface area contributed by atoms with Crippen molar-refractivity contribution >= 4 is 28.6 Å². The number of rotatable bonds is 5. The van der Waals surface area contributed by atoms with Gasteiger partial charge in [-0.1, -0.05) is 13.3 Å². The molecule has 0 aliphatic rings. The molecule has 23 heavy (non-hydrogen) atoms. The van der Waals surface area contributed by atoms with E-state index in [-0.39, 0.29) is 11.6 Å². The molecule has 4 heteroatoms. The summed E-state index contributed by atoms with van der Waals surface area (Å²) in [6, 6.07) is 8.75. The SMILES string of the molecule is CCCCC(C)(C)OC(C)=O.Cc1ccc(-c2ccc(C)s2)s1. The van der Waals surface area contributed by atoms with Gasteiger partial charge in [0.1, 0.15) is 5.60 Å². The second-order valence-corrected chi connectivity index (χ2v) is 8.85. The number of esters is 1. The lowest BCUT2D eigenvalue weighted by molar-refractivity contribution is -0.154. The summed E-state index contributed by atoms with van der Waals surface area (Å²) in [5.74, 6) is -0.189. The molecule has 2 aromatic rings. The lowest BCUT2D eigenvalue weighted by Crippen LogP contribution is -2.26. The first kappa shape index (κ1) is 19.9. The van der Waals surface area contributed by atoms with Gasteiger partial charge in [0.25, 0.3) is 0 Å². The van der Waals surface area contributed by atoms with Gasteiger partial charge in [-0.15, -0.1) is 22.7 Å². The predicted octanol–water partition coefficient (Wildman–Crippen LogP) is 6.61. The van der Waals surface area contributed by atoms with Crippen molar-refractivity contribution in [2.75, 3.05) is 0 Å². The Bertz CT molecular complexity index is 570. The number of carbonyl (C=O) groups is 1. The zero-order valence-corrected chi connectivity index (χ0v) is 16.7. The summed E-state index contributed by atoms with van der Waals surface area (Å²) in [4.78, 5) is 16.2. The summed E-state index contributed by atoms with van der Waals surface area (Å²) < 4.78 is 5.10. The number of hydrogen-bond donors (Lipinski definition) is 0. The number of thiophene rings is 2. The molecule has 0 unspecified atom stereocenters. The van der Waals surface area contributed by atoms with Crippen LogP contribution in [0.3, 0.4) is 0 Å². The fraction of sp³-hybridized carbons (Fsp3) is 0.526. The van der Waals surface area contributed by atoms with Crippen LogP contribution >= 0.6 is 22.7 Å². The van der Waals surface area contributed by atoms with Gasteiger partial charge >= 0.3 is 5.97 Å². The summed E-state index contributed by atoms with van der Waals surface area (Å²) in [7, 11) is 0. The van der Waals surface area contributed by atoms with Crippen molar-refractivity contribution < 1.29 is 9.53 Å². The largest absolute Gasteiger partial charge is 0.460 e. The molecule has 0 saturated carbocycles. The maximum Gasteiger partial charge on any atom is 0.303 e. The molecular weight excluding hydrogens is 324 g/mol. The van der Waals surface area contributed by atoms with Crippen molar-refractivity contribution in [3.63, 3.8) is 0 Å². The Balaban J connectivity index is 0.000000232. The predicted molar refractivity (Wildman–Crippen MR) is 102 cm³/mol. The lowest BCUT2D eigenvalue weighted by Gasteiger charge is -2.23. The minimum Gasteiger partial charge on any atom is -0.460 e. The third kappa shape index (κ3) is 7.80. The van der Waals surface area contributed by atoms with Crippen LogP contribution in [-0.2, 0) is 9.53 Å². The van der Waals surface area contributed by atoms with Gasteiger partial charge in [0.05, 0.1) is 0 Å². The van der Waals surface area contributed by atoms with E-state index in [2.05, 4.69) is 45.0 Å². The van der Waals surface area contributed by atoms with Crippen molar-refractivity contribution in [3.8, 4) is 9.75 Å². The maximum absolute atomic E-state index is 10.6. The van der Waals surface area contributed by atoms with Gasteiger partial charge in [0, 0.05) is 26.4 Å². The Kier molecular flexibility index (Phi) is 8.00. The van der Waals surface area contributed by atoms with Gasteiger partial charge in [-0.2, -0.15) is 0 Å². The van der Waals surface area contributed by atoms with Crippen molar-refractivity contribution in [2.45, 2.75) is 66.4 Å². The smallest absolute Gasteiger partial charge is 0.303 e. The summed E-state index contributed by atoms with van der Waals surface area (Å²) in [6.07, 6.45) is 3.20. The molecule has 0 aromatic carbocycles. The summed E-state index contributed by atoms with van der Waals surface area (Å²) in [5, 5.41) is 0. The third-order valence-electron chi connectivity index (χ3n) is 3.28. The Morgan fingerprint density at radius 2 is 1.52 bits per heavy atom. The van der Waals surface area contributed by atoms with Gasteiger partial charge in [-0.25, -0.2) is 0 Å². The Morgan fingerprint density at radius 3 is 1.83 bits per heavy atom. The Hall–Kier alpha value is -1.13. The summed E-state index contributed by atoms with van der Waals surface area (Å²) in [6.45, 7) is 11.8. The summed E-state index contributed by atoms with van der Waals surface area (Å²) in [5.41, 5.74) is -0.276. The normalized spacial score (nSPS) is 10.9.